The Kier molecular flexibility index (Phi) is 4.33. The molecule has 0 atom stereocenters. The maximum Gasteiger partial charge on any atom is 0.138 e. The fourth-order valence-corrected chi connectivity index (χ4v) is 6.59. The summed E-state index contributed by atoms with van der Waals surface area (Å²) >= 11 is 0. The number of para-hydroxylation sites is 3. The maximum atomic E-state index is 5.23. The van der Waals surface area contributed by atoms with E-state index in [1.807, 2.05) is 6.07 Å². The molecule has 5 aromatic carbocycles. The van der Waals surface area contributed by atoms with Gasteiger partial charge in [-0.25, -0.2) is 4.98 Å². The van der Waals surface area contributed by atoms with Crippen molar-refractivity contribution >= 4 is 59.9 Å². The molecule has 0 aliphatic heterocycles. The lowest BCUT2D eigenvalue weighted by atomic mass is 10.0. The Morgan fingerprint density at radius 2 is 1.12 bits per heavy atom. The second kappa shape index (κ2) is 8.05. The van der Waals surface area contributed by atoms with Crippen molar-refractivity contribution in [1.82, 2.24) is 14.0 Å². The first-order valence-corrected chi connectivity index (χ1v) is 13.7. The Bertz CT molecular complexity index is 2430. The van der Waals surface area contributed by atoms with Crippen LogP contribution in [-0.4, -0.2) is 14.0 Å². The van der Waals surface area contributed by atoms with Crippen LogP contribution >= 0.6 is 0 Å². The third-order valence-corrected chi connectivity index (χ3v) is 8.27. The molecule has 9 rings (SSSR count). The lowest BCUT2D eigenvalue weighted by Gasteiger charge is -2.14. The molecule has 0 bridgehead atoms. The molecule has 4 heterocycles. The molecule has 0 saturated heterocycles. The SMILES string of the molecule is c1ccc(-c2cccc(-n3c4ccccc4c4ccc5c6ccccc6n6c7ccccc7cc6c5c43)n2)cc1. The van der Waals surface area contributed by atoms with Crippen molar-refractivity contribution in [2.75, 3.05) is 0 Å². The molecule has 9 aromatic rings. The first-order chi connectivity index (χ1) is 19.9. The van der Waals surface area contributed by atoms with Gasteiger partial charge in [0.05, 0.1) is 33.3 Å². The Morgan fingerprint density at radius 3 is 1.98 bits per heavy atom. The highest BCUT2D eigenvalue weighted by Crippen LogP contribution is 2.42. The third kappa shape index (κ3) is 2.86. The average molecular weight is 510 g/mol. The van der Waals surface area contributed by atoms with Crippen LogP contribution in [-0.2, 0) is 0 Å². The molecule has 0 spiro atoms. The van der Waals surface area contributed by atoms with E-state index in [0.29, 0.717) is 0 Å². The summed E-state index contributed by atoms with van der Waals surface area (Å²) in [5.41, 5.74) is 8.08. The predicted octanol–water partition coefficient (Wildman–Crippen LogP) is 9.56. The van der Waals surface area contributed by atoms with Crippen molar-refractivity contribution in [3.05, 3.63) is 140 Å². The third-order valence-electron chi connectivity index (χ3n) is 8.27. The monoisotopic (exact) mass is 509 g/mol. The molecule has 0 fully saturated rings. The van der Waals surface area contributed by atoms with Gasteiger partial charge in [-0.3, -0.25) is 4.57 Å². The zero-order chi connectivity index (χ0) is 26.2. The second-order valence-corrected chi connectivity index (χ2v) is 10.4. The smallest absolute Gasteiger partial charge is 0.138 e. The molecule has 40 heavy (non-hydrogen) atoms. The van der Waals surface area contributed by atoms with Crippen molar-refractivity contribution in [3.63, 3.8) is 0 Å². The van der Waals surface area contributed by atoms with E-state index in [9.17, 15) is 0 Å². The highest BCUT2D eigenvalue weighted by atomic mass is 15.1. The molecule has 0 unspecified atom stereocenters. The first kappa shape index (κ1) is 21.5. The minimum absolute atomic E-state index is 0.919. The summed E-state index contributed by atoms with van der Waals surface area (Å²) in [4.78, 5) is 5.23. The number of aromatic nitrogens is 3. The normalized spacial score (nSPS) is 12.0. The van der Waals surface area contributed by atoms with Gasteiger partial charge >= 0.3 is 0 Å². The van der Waals surface area contributed by atoms with Crippen LogP contribution in [0.1, 0.15) is 0 Å². The summed E-state index contributed by atoms with van der Waals surface area (Å²) in [6.45, 7) is 0. The largest absolute Gasteiger partial charge is 0.309 e. The van der Waals surface area contributed by atoms with Crippen LogP contribution in [0.4, 0.5) is 0 Å². The number of rotatable bonds is 2. The summed E-state index contributed by atoms with van der Waals surface area (Å²) in [6, 6.07) is 49.9. The van der Waals surface area contributed by atoms with E-state index in [2.05, 4.69) is 142 Å². The van der Waals surface area contributed by atoms with E-state index in [0.717, 1.165) is 22.6 Å². The molecule has 186 valence electrons. The van der Waals surface area contributed by atoms with Crippen LogP contribution in [0.3, 0.4) is 0 Å². The van der Waals surface area contributed by atoms with Gasteiger partial charge in [0.2, 0.25) is 0 Å². The summed E-state index contributed by atoms with van der Waals surface area (Å²) in [7, 11) is 0. The van der Waals surface area contributed by atoms with Gasteiger partial charge in [0, 0.05) is 32.5 Å². The number of nitrogens with zero attached hydrogens (tertiary/aromatic N) is 3. The zero-order valence-electron chi connectivity index (χ0n) is 21.6. The number of hydrogen-bond acceptors (Lipinski definition) is 1. The molecular weight excluding hydrogens is 486 g/mol. The molecular formula is C37H23N3. The summed E-state index contributed by atoms with van der Waals surface area (Å²) in [5, 5.41) is 7.45. The molecule has 0 amide bonds. The quantitative estimate of drug-likeness (QED) is 0.213. The molecule has 0 aliphatic carbocycles. The van der Waals surface area contributed by atoms with Crippen LogP contribution in [0.25, 0.3) is 77.0 Å². The Labute approximate surface area is 230 Å². The molecule has 0 saturated carbocycles. The molecule has 0 aliphatic rings. The van der Waals surface area contributed by atoms with Crippen molar-refractivity contribution < 1.29 is 0 Å². The van der Waals surface area contributed by atoms with Gasteiger partial charge in [0.25, 0.3) is 0 Å². The minimum atomic E-state index is 0.919. The fraction of sp³-hybridized carbons (Fsp3) is 0. The summed E-state index contributed by atoms with van der Waals surface area (Å²) in [5.74, 6) is 0.919. The molecule has 4 aromatic heterocycles. The fourth-order valence-electron chi connectivity index (χ4n) is 6.59. The van der Waals surface area contributed by atoms with Crippen LogP contribution in [0.5, 0.6) is 0 Å². The van der Waals surface area contributed by atoms with E-state index < -0.39 is 0 Å². The van der Waals surface area contributed by atoms with Crippen molar-refractivity contribution in [1.29, 1.82) is 0 Å². The topological polar surface area (TPSA) is 22.2 Å². The lowest BCUT2D eigenvalue weighted by Crippen LogP contribution is -2.00. The molecule has 3 heteroatoms. The lowest BCUT2D eigenvalue weighted by molar-refractivity contribution is 1.09. The van der Waals surface area contributed by atoms with Crippen molar-refractivity contribution in [3.8, 4) is 17.1 Å². The van der Waals surface area contributed by atoms with E-state index in [-0.39, 0.29) is 0 Å². The van der Waals surface area contributed by atoms with Gasteiger partial charge in [-0.15, -0.1) is 0 Å². The summed E-state index contributed by atoms with van der Waals surface area (Å²) < 4.78 is 4.80. The van der Waals surface area contributed by atoms with Gasteiger partial charge < -0.3 is 4.40 Å². The van der Waals surface area contributed by atoms with E-state index in [1.54, 1.807) is 0 Å². The number of hydrogen-bond donors (Lipinski definition) is 0. The highest BCUT2D eigenvalue weighted by Gasteiger charge is 2.20. The molecule has 0 N–H and O–H groups in total. The summed E-state index contributed by atoms with van der Waals surface area (Å²) in [6.07, 6.45) is 0. The van der Waals surface area contributed by atoms with Gasteiger partial charge in [-0.1, -0.05) is 103 Å². The molecule has 3 nitrogen and oxygen atoms in total. The van der Waals surface area contributed by atoms with Gasteiger partial charge in [-0.2, -0.15) is 0 Å². The number of benzene rings is 5. The first-order valence-electron chi connectivity index (χ1n) is 13.7. The Balaban J connectivity index is 1.53. The van der Waals surface area contributed by atoms with E-state index >= 15 is 0 Å². The molecule has 0 radical (unpaired) electrons. The Morgan fingerprint density at radius 1 is 0.450 bits per heavy atom. The van der Waals surface area contributed by atoms with Crippen LogP contribution in [0.2, 0.25) is 0 Å². The number of pyridine rings is 2. The standard InChI is InChI=1S/C37H23N3/c1-2-11-24(12-3-1)30-16-10-20-35(38-30)40-33-19-9-6-15-27(33)29-22-21-28-26-14-5-8-18-32(26)39-31-17-7-4-13-25(31)23-34(39)36(28)37(29)40/h1-23H. The predicted molar refractivity (Wildman–Crippen MR) is 167 cm³/mol. The van der Waals surface area contributed by atoms with Crippen molar-refractivity contribution in [2.24, 2.45) is 0 Å². The van der Waals surface area contributed by atoms with Crippen LogP contribution < -0.4 is 0 Å². The average Bonchev–Trinajstić information content (AvgIpc) is 3.58. The zero-order valence-corrected chi connectivity index (χ0v) is 21.6. The van der Waals surface area contributed by atoms with E-state index in [4.69, 9.17) is 4.98 Å². The van der Waals surface area contributed by atoms with E-state index in [1.165, 1.54) is 54.4 Å². The van der Waals surface area contributed by atoms with Crippen LogP contribution in [0, 0.1) is 0 Å². The number of fused-ring (bicyclic) bond motifs is 12. The second-order valence-electron chi connectivity index (χ2n) is 10.4. The van der Waals surface area contributed by atoms with Gasteiger partial charge in [-0.05, 0) is 41.8 Å². The van der Waals surface area contributed by atoms with Crippen LogP contribution in [0.15, 0.2) is 140 Å². The van der Waals surface area contributed by atoms with Crippen molar-refractivity contribution in [2.45, 2.75) is 0 Å². The minimum Gasteiger partial charge on any atom is -0.309 e. The van der Waals surface area contributed by atoms with Gasteiger partial charge in [0.15, 0.2) is 0 Å². The maximum absolute atomic E-state index is 5.23. The Hall–Kier alpha value is -5.41. The highest BCUT2D eigenvalue weighted by molar-refractivity contribution is 6.28. The van der Waals surface area contributed by atoms with Gasteiger partial charge in [0.1, 0.15) is 5.82 Å².